The highest BCUT2D eigenvalue weighted by atomic mass is 16.6. The second-order valence-corrected chi connectivity index (χ2v) is 4.71. The molecule has 2 aliphatic heterocycles. The average Bonchev–Trinajstić information content (AvgIpc) is 2.92. The van der Waals surface area contributed by atoms with Crippen molar-refractivity contribution in [2.24, 2.45) is 0 Å². The van der Waals surface area contributed by atoms with E-state index in [2.05, 4.69) is 11.4 Å². The van der Waals surface area contributed by atoms with Crippen molar-refractivity contribution in [3.63, 3.8) is 0 Å². The van der Waals surface area contributed by atoms with Gasteiger partial charge in [0.15, 0.2) is 11.5 Å². The highest BCUT2D eigenvalue weighted by molar-refractivity contribution is 5.47. The average molecular weight is 249 g/mol. The molecule has 0 spiro atoms. The van der Waals surface area contributed by atoms with E-state index in [-0.39, 0.29) is 0 Å². The summed E-state index contributed by atoms with van der Waals surface area (Å²) in [6, 6.07) is 6.05. The summed E-state index contributed by atoms with van der Waals surface area (Å²) in [5.41, 5.74) is 1.16. The number of benzene rings is 1. The van der Waals surface area contributed by atoms with E-state index in [1.807, 2.05) is 12.1 Å². The molecule has 1 saturated heterocycles. The molecule has 18 heavy (non-hydrogen) atoms. The lowest BCUT2D eigenvalue weighted by Crippen LogP contribution is -2.26. The Bertz CT molecular complexity index is 402. The van der Waals surface area contributed by atoms with Crippen molar-refractivity contribution in [2.75, 3.05) is 26.4 Å². The van der Waals surface area contributed by atoms with Crippen LogP contribution in [-0.4, -0.2) is 32.5 Å². The minimum absolute atomic E-state index is 0.377. The standard InChI is InChI=1S/C14H19NO3/c1-3-11(9-15-10-12-4-2-6-16-12)14-13(5-1)17-7-8-18-14/h1,3,5,12,15H,2,4,6-10H2. The Balaban J connectivity index is 1.58. The van der Waals surface area contributed by atoms with E-state index in [0.29, 0.717) is 19.3 Å². The number of ether oxygens (including phenoxy) is 3. The fourth-order valence-electron chi connectivity index (χ4n) is 2.45. The Morgan fingerprint density at radius 2 is 2.11 bits per heavy atom. The minimum atomic E-state index is 0.377. The SMILES string of the molecule is c1cc(CNCC2CCCO2)c2c(c1)OCCO2. The molecule has 4 nitrogen and oxygen atoms in total. The topological polar surface area (TPSA) is 39.7 Å². The molecule has 1 N–H and O–H groups in total. The van der Waals surface area contributed by atoms with Crippen LogP contribution in [0.25, 0.3) is 0 Å². The van der Waals surface area contributed by atoms with Gasteiger partial charge in [-0.3, -0.25) is 0 Å². The monoisotopic (exact) mass is 249 g/mol. The maximum atomic E-state index is 5.68. The molecule has 0 amide bonds. The molecule has 0 radical (unpaired) electrons. The molecule has 0 aliphatic carbocycles. The summed E-state index contributed by atoms with van der Waals surface area (Å²) in [5, 5.41) is 3.43. The number of para-hydroxylation sites is 1. The molecule has 1 atom stereocenters. The molecular formula is C14H19NO3. The third-order valence-electron chi connectivity index (χ3n) is 3.36. The maximum Gasteiger partial charge on any atom is 0.165 e. The van der Waals surface area contributed by atoms with Crippen LogP contribution in [0.2, 0.25) is 0 Å². The van der Waals surface area contributed by atoms with Crippen LogP contribution in [0.15, 0.2) is 18.2 Å². The number of rotatable bonds is 4. The Labute approximate surface area is 107 Å². The summed E-state index contributed by atoms with van der Waals surface area (Å²) in [7, 11) is 0. The van der Waals surface area contributed by atoms with Gasteiger partial charge in [-0.05, 0) is 18.9 Å². The van der Waals surface area contributed by atoms with E-state index in [4.69, 9.17) is 14.2 Å². The fraction of sp³-hybridized carbons (Fsp3) is 0.571. The van der Waals surface area contributed by atoms with Gasteiger partial charge in [0.05, 0.1) is 6.10 Å². The largest absolute Gasteiger partial charge is 0.486 e. The van der Waals surface area contributed by atoms with Crippen molar-refractivity contribution in [1.29, 1.82) is 0 Å². The summed E-state index contributed by atoms with van der Waals surface area (Å²) in [6.45, 7) is 3.89. The van der Waals surface area contributed by atoms with Gasteiger partial charge in [0.1, 0.15) is 13.2 Å². The van der Waals surface area contributed by atoms with Gasteiger partial charge in [-0.2, -0.15) is 0 Å². The first-order chi connectivity index (χ1) is 8.93. The van der Waals surface area contributed by atoms with Crippen LogP contribution in [0.3, 0.4) is 0 Å². The van der Waals surface area contributed by atoms with E-state index in [9.17, 15) is 0 Å². The zero-order chi connectivity index (χ0) is 12.2. The summed E-state index contributed by atoms with van der Waals surface area (Å²) in [5.74, 6) is 1.75. The quantitative estimate of drug-likeness (QED) is 0.882. The zero-order valence-corrected chi connectivity index (χ0v) is 10.5. The lowest BCUT2D eigenvalue weighted by Gasteiger charge is -2.21. The van der Waals surface area contributed by atoms with Crippen molar-refractivity contribution < 1.29 is 14.2 Å². The van der Waals surface area contributed by atoms with Crippen LogP contribution < -0.4 is 14.8 Å². The Morgan fingerprint density at radius 1 is 1.17 bits per heavy atom. The molecule has 98 valence electrons. The first kappa shape index (κ1) is 11.8. The van der Waals surface area contributed by atoms with Gasteiger partial charge in [-0.1, -0.05) is 12.1 Å². The fourth-order valence-corrected chi connectivity index (χ4v) is 2.45. The second-order valence-electron chi connectivity index (χ2n) is 4.71. The van der Waals surface area contributed by atoms with Crippen molar-refractivity contribution in [3.05, 3.63) is 23.8 Å². The Hall–Kier alpha value is -1.26. The van der Waals surface area contributed by atoms with Gasteiger partial charge >= 0.3 is 0 Å². The molecule has 2 heterocycles. The maximum absolute atomic E-state index is 5.68. The summed E-state index contributed by atoms with van der Waals surface area (Å²) >= 11 is 0. The Kier molecular flexibility index (Phi) is 3.67. The van der Waals surface area contributed by atoms with E-state index in [1.165, 1.54) is 12.8 Å². The van der Waals surface area contributed by atoms with E-state index in [1.54, 1.807) is 0 Å². The van der Waals surface area contributed by atoms with E-state index in [0.717, 1.165) is 36.8 Å². The van der Waals surface area contributed by atoms with E-state index < -0.39 is 0 Å². The number of nitrogens with one attached hydrogen (secondary N) is 1. The molecule has 2 aliphatic rings. The lowest BCUT2D eigenvalue weighted by molar-refractivity contribution is 0.109. The van der Waals surface area contributed by atoms with Crippen molar-refractivity contribution in [2.45, 2.75) is 25.5 Å². The van der Waals surface area contributed by atoms with Crippen LogP contribution in [-0.2, 0) is 11.3 Å². The van der Waals surface area contributed by atoms with Crippen LogP contribution in [0.5, 0.6) is 11.5 Å². The van der Waals surface area contributed by atoms with E-state index >= 15 is 0 Å². The predicted molar refractivity (Wildman–Crippen MR) is 68.1 cm³/mol. The van der Waals surface area contributed by atoms with Gasteiger partial charge in [0.2, 0.25) is 0 Å². The molecule has 1 aromatic carbocycles. The van der Waals surface area contributed by atoms with Crippen LogP contribution in [0, 0.1) is 0 Å². The minimum Gasteiger partial charge on any atom is -0.486 e. The number of fused-ring (bicyclic) bond motifs is 1. The van der Waals surface area contributed by atoms with Gasteiger partial charge < -0.3 is 19.5 Å². The smallest absolute Gasteiger partial charge is 0.165 e. The van der Waals surface area contributed by atoms with Crippen LogP contribution in [0.1, 0.15) is 18.4 Å². The molecule has 0 bridgehead atoms. The number of hydrogen-bond acceptors (Lipinski definition) is 4. The van der Waals surface area contributed by atoms with Gasteiger partial charge in [0.25, 0.3) is 0 Å². The summed E-state index contributed by atoms with van der Waals surface area (Å²) < 4.78 is 16.8. The normalized spacial score (nSPS) is 22.1. The second kappa shape index (κ2) is 5.59. The highest BCUT2D eigenvalue weighted by Crippen LogP contribution is 2.33. The highest BCUT2D eigenvalue weighted by Gasteiger charge is 2.17. The van der Waals surface area contributed by atoms with Crippen molar-refractivity contribution in [1.82, 2.24) is 5.32 Å². The third-order valence-corrected chi connectivity index (χ3v) is 3.36. The molecule has 0 saturated carbocycles. The van der Waals surface area contributed by atoms with Crippen molar-refractivity contribution in [3.8, 4) is 11.5 Å². The van der Waals surface area contributed by atoms with Crippen LogP contribution >= 0.6 is 0 Å². The third kappa shape index (κ3) is 2.60. The molecule has 3 rings (SSSR count). The lowest BCUT2D eigenvalue weighted by atomic mass is 10.1. The molecule has 1 fully saturated rings. The van der Waals surface area contributed by atoms with Gasteiger partial charge in [-0.15, -0.1) is 0 Å². The molecule has 1 aromatic rings. The molecule has 1 unspecified atom stereocenters. The molecule has 4 heteroatoms. The predicted octanol–water partition coefficient (Wildman–Crippen LogP) is 1.73. The Morgan fingerprint density at radius 3 is 3.00 bits per heavy atom. The molecular weight excluding hydrogens is 230 g/mol. The molecule has 0 aromatic heterocycles. The van der Waals surface area contributed by atoms with Gasteiger partial charge in [0, 0.05) is 25.3 Å². The van der Waals surface area contributed by atoms with Crippen LogP contribution in [0.4, 0.5) is 0 Å². The van der Waals surface area contributed by atoms with Gasteiger partial charge in [-0.25, -0.2) is 0 Å². The summed E-state index contributed by atoms with van der Waals surface area (Å²) in [6.07, 6.45) is 2.73. The zero-order valence-electron chi connectivity index (χ0n) is 10.5. The number of hydrogen-bond donors (Lipinski definition) is 1. The van der Waals surface area contributed by atoms with Crippen molar-refractivity contribution >= 4 is 0 Å². The summed E-state index contributed by atoms with van der Waals surface area (Å²) in [4.78, 5) is 0. The first-order valence-corrected chi connectivity index (χ1v) is 6.63. The first-order valence-electron chi connectivity index (χ1n) is 6.63.